The van der Waals surface area contributed by atoms with Crippen LogP contribution in [0.25, 0.3) is 0 Å². The van der Waals surface area contributed by atoms with Gasteiger partial charge >= 0.3 is 0 Å². The summed E-state index contributed by atoms with van der Waals surface area (Å²) in [5.41, 5.74) is 0. The molecule has 0 aliphatic carbocycles. The molecule has 2 N–H and O–H groups in total. The van der Waals surface area contributed by atoms with E-state index in [1.54, 1.807) is 17.8 Å². The van der Waals surface area contributed by atoms with Crippen molar-refractivity contribution in [2.24, 2.45) is 0 Å². The van der Waals surface area contributed by atoms with E-state index in [1.807, 2.05) is 18.2 Å². The summed E-state index contributed by atoms with van der Waals surface area (Å²) in [4.78, 5) is 5.51. The van der Waals surface area contributed by atoms with Crippen molar-refractivity contribution < 1.29 is 8.42 Å². The molecule has 0 saturated carbocycles. The molecule has 1 unspecified atom stereocenters. The van der Waals surface area contributed by atoms with Crippen molar-refractivity contribution in [3.8, 4) is 0 Å². The molecule has 22 heavy (non-hydrogen) atoms. The zero-order chi connectivity index (χ0) is 16.0. The van der Waals surface area contributed by atoms with Gasteiger partial charge in [-0.1, -0.05) is 25.1 Å². The highest BCUT2D eigenvalue weighted by Crippen LogP contribution is 2.22. The van der Waals surface area contributed by atoms with Gasteiger partial charge in [0.25, 0.3) is 0 Å². The molecule has 0 spiro atoms. The fourth-order valence-corrected chi connectivity index (χ4v) is 3.40. The third kappa shape index (κ3) is 4.72. The molecule has 118 valence electrons. The number of pyridine rings is 1. The lowest BCUT2D eigenvalue weighted by atomic mass is 10.4. The zero-order valence-electron chi connectivity index (χ0n) is 12.5. The van der Waals surface area contributed by atoms with Crippen molar-refractivity contribution in [2.45, 2.75) is 22.0 Å². The highest BCUT2D eigenvalue weighted by molar-refractivity contribution is 8.00. The largest absolute Gasteiger partial charge is 0.369 e. The second-order valence-electron chi connectivity index (χ2n) is 4.71. The van der Waals surface area contributed by atoms with Crippen LogP contribution >= 0.6 is 11.8 Å². The summed E-state index contributed by atoms with van der Waals surface area (Å²) >= 11 is 1.78. The van der Waals surface area contributed by atoms with Crippen molar-refractivity contribution in [3.05, 3.63) is 48.7 Å². The Kier molecular flexibility index (Phi) is 5.82. The van der Waals surface area contributed by atoms with Crippen LogP contribution in [0.1, 0.15) is 6.92 Å². The molecule has 1 heterocycles. The van der Waals surface area contributed by atoms with Crippen molar-refractivity contribution in [2.75, 3.05) is 18.9 Å². The van der Waals surface area contributed by atoms with Gasteiger partial charge in [-0.15, -0.1) is 11.8 Å². The molecule has 0 aliphatic rings. The number of hydrogen-bond donors (Lipinski definition) is 2. The number of nitrogens with zero attached hydrogens (tertiary/aromatic N) is 1. The Morgan fingerprint density at radius 2 is 1.91 bits per heavy atom. The van der Waals surface area contributed by atoms with Gasteiger partial charge < -0.3 is 5.32 Å². The van der Waals surface area contributed by atoms with Crippen LogP contribution in [0.2, 0.25) is 0 Å². The molecule has 0 aliphatic heterocycles. The van der Waals surface area contributed by atoms with Crippen LogP contribution in [0.5, 0.6) is 0 Å². The maximum atomic E-state index is 11.6. The van der Waals surface area contributed by atoms with Gasteiger partial charge in [0.05, 0.1) is 0 Å². The summed E-state index contributed by atoms with van der Waals surface area (Å²) in [6.45, 7) is 2.87. The minimum absolute atomic E-state index is 0.159. The summed E-state index contributed by atoms with van der Waals surface area (Å²) in [6, 6.07) is 13.4. The average Bonchev–Trinajstić information content (AvgIpc) is 2.54. The number of rotatable bonds is 7. The van der Waals surface area contributed by atoms with Crippen LogP contribution in [0, 0.1) is 0 Å². The first-order chi connectivity index (χ1) is 10.5. The number of anilines is 1. The average molecular weight is 337 g/mol. The molecule has 1 atom stereocenters. The van der Waals surface area contributed by atoms with Gasteiger partial charge in [-0.3, -0.25) is 0 Å². The van der Waals surface area contributed by atoms with Crippen molar-refractivity contribution in [1.82, 2.24) is 9.71 Å². The standard InChI is InChI=1S/C15H19N3O2S2/c1-12(21-13-6-4-3-5-7-13)10-17-15-9-8-14(11-18-15)22(19,20)16-2/h3-9,11-12,16H,10H2,1-2H3,(H,17,18). The molecule has 7 heteroatoms. The van der Waals surface area contributed by atoms with Crippen LogP contribution in [0.4, 0.5) is 5.82 Å². The van der Waals surface area contributed by atoms with Gasteiger partial charge in [0.15, 0.2) is 0 Å². The molecule has 0 amide bonds. The predicted molar refractivity (Wildman–Crippen MR) is 90.7 cm³/mol. The lowest BCUT2D eigenvalue weighted by Crippen LogP contribution is -2.19. The molecular weight excluding hydrogens is 318 g/mol. The summed E-state index contributed by atoms with van der Waals surface area (Å²) in [5.74, 6) is 0.663. The van der Waals surface area contributed by atoms with Gasteiger partial charge in [-0.05, 0) is 31.3 Å². The molecule has 0 radical (unpaired) electrons. The second-order valence-corrected chi connectivity index (χ2v) is 8.11. The van der Waals surface area contributed by atoms with Crippen LogP contribution < -0.4 is 10.0 Å². The number of sulfonamides is 1. The van der Waals surface area contributed by atoms with Gasteiger partial charge in [-0.2, -0.15) is 0 Å². The fraction of sp³-hybridized carbons (Fsp3) is 0.267. The minimum atomic E-state index is -3.43. The number of nitrogens with one attached hydrogen (secondary N) is 2. The first-order valence-corrected chi connectivity index (χ1v) is 9.23. The summed E-state index contributed by atoms with van der Waals surface area (Å²) in [7, 11) is -2.05. The first kappa shape index (κ1) is 16.8. The Labute approximate surface area is 135 Å². The van der Waals surface area contributed by atoms with E-state index in [4.69, 9.17) is 0 Å². The minimum Gasteiger partial charge on any atom is -0.369 e. The van der Waals surface area contributed by atoms with Gasteiger partial charge in [0.2, 0.25) is 10.0 Å². The van der Waals surface area contributed by atoms with Gasteiger partial charge in [0, 0.05) is 22.9 Å². The highest BCUT2D eigenvalue weighted by atomic mass is 32.2. The SMILES string of the molecule is CNS(=O)(=O)c1ccc(NCC(C)Sc2ccccc2)nc1. The smallest absolute Gasteiger partial charge is 0.241 e. The Hall–Kier alpha value is -1.57. The topological polar surface area (TPSA) is 71.1 Å². The Morgan fingerprint density at radius 1 is 1.18 bits per heavy atom. The molecule has 0 fully saturated rings. The summed E-state index contributed by atoms with van der Waals surface area (Å²) in [5, 5.41) is 3.58. The molecule has 0 bridgehead atoms. The number of benzene rings is 1. The quantitative estimate of drug-likeness (QED) is 0.760. The first-order valence-electron chi connectivity index (χ1n) is 6.86. The van der Waals surface area contributed by atoms with Crippen LogP contribution in [-0.4, -0.2) is 32.2 Å². The Balaban J connectivity index is 1.89. The monoisotopic (exact) mass is 337 g/mol. The fourth-order valence-electron chi connectivity index (χ4n) is 1.78. The number of aromatic nitrogens is 1. The van der Waals surface area contributed by atoms with E-state index in [2.05, 4.69) is 34.1 Å². The molecule has 1 aromatic carbocycles. The van der Waals surface area contributed by atoms with E-state index in [-0.39, 0.29) is 4.90 Å². The van der Waals surface area contributed by atoms with E-state index in [9.17, 15) is 8.42 Å². The van der Waals surface area contributed by atoms with E-state index in [0.29, 0.717) is 11.1 Å². The van der Waals surface area contributed by atoms with Crippen LogP contribution in [-0.2, 0) is 10.0 Å². The molecule has 0 saturated heterocycles. The van der Waals surface area contributed by atoms with Crippen molar-refractivity contribution >= 4 is 27.6 Å². The molecule has 5 nitrogen and oxygen atoms in total. The van der Waals surface area contributed by atoms with E-state index >= 15 is 0 Å². The van der Waals surface area contributed by atoms with Crippen molar-refractivity contribution in [1.29, 1.82) is 0 Å². The third-order valence-corrected chi connectivity index (χ3v) is 5.48. The maximum Gasteiger partial charge on any atom is 0.241 e. The molecule has 2 rings (SSSR count). The highest BCUT2D eigenvalue weighted by Gasteiger charge is 2.11. The predicted octanol–water partition coefficient (Wildman–Crippen LogP) is 2.58. The summed E-state index contributed by atoms with van der Waals surface area (Å²) < 4.78 is 25.5. The van der Waals surface area contributed by atoms with E-state index < -0.39 is 10.0 Å². The van der Waals surface area contributed by atoms with E-state index in [0.717, 1.165) is 6.54 Å². The molecule has 2 aromatic rings. The van der Waals surface area contributed by atoms with Gasteiger partial charge in [-0.25, -0.2) is 18.1 Å². The lowest BCUT2D eigenvalue weighted by molar-refractivity contribution is 0.588. The number of thioether (sulfide) groups is 1. The Bertz CT molecular complexity index is 688. The molecular formula is C15H19N3O2S2. The molecule has 1 aromatic heterocycles. The lowest BCUT2D eigenvalue weighted by Gasteiger charge is -2.13. The van der Waals surface area contributed by atoms with Crippen molar-refractivity contribution in [3.63, 3.8) is 0 Å². The number of hydrogen-bond acceptors (Lipinski definition) is 5. The Morgan fingerprint density at radius 3 is 2.50 bits per heavy atom. The third-order valence-electron chi connectivity index (χ3n) is 2.97. The van der Waals surface area contributed by atoms with Gasteiger partial charge in [0.1, 0.15) is 10.7 Å². The van der Waals surface area contributed by atoms with Crippen LogP contribution in [0.15, 0.2) is 58.5 Å². The summed E-state index contributed by atoms with van der Waals surface area (Å²) in [6.07, 6.45) is 1.35. The normalized spacial score (nSPS) is 12.8. The second kappa shape index (κ2) is 7.62. The maximum absolute atomic E-state index is 11.6. The van der Waals surface area contributed by atoms with Crippen LogP contribution in [0.3, 0.4) is 0 Å². The van der Waals surface area contributed by atoms with E-state index in [1.165, 1.54) is 24.2 Å². The zero-order valence-corrected chi connectivity index (χ0v) is 14.1.